The highest BCUT2D eigenvalue weighted by molar-refractivity contribution is 5.70. The van der Waals surface area contributed by atoms with Crippen molar-refractivity contribution >= 4 is 11.6 Å². The maximum absolute atomic E-state index is 15.0. The second kappa shape index (κ2) is 12.2. The minimum absolute atomic E-state index is 0.00706. The van der Waals surface area contributed by atoms with Gasteiger partial charge >= 0.3 is 0 Å². The van der Waals surface area contributed by atoms with Gasteiger partial charge in [-0.1, -0.05) is 20.8 Å². The molecule has 3 aromatic heterocycles. The molecule has 4 aromatic rings. The fourth-order valence-corrected chi connectivity index (χ4v) is 3.24. The van der Waals surface area contributed by atoms with Crippen LogP contribution in [0.1, 0.15) is 39.3 Å². The Morgan fingerprint density at radius 3 is 2.47 bits per heavy atom. The van der Waals surface area contributed by atoms with Crippen LogP contribution in [0, 0.1) is 11.8 Å². The van der Waals surface area contributed by atoms with Gasteiger partial charge in [-0.05, 0) is 36.8 Å². The molecule has 0 saturated heterocycles. The van der Waals surface area contributed by atoms with E-state index >= 15 is 0 Å². The number of nitrogens with one attached hydrogen (secondary N) is 1. The lowest BCUT2D eigenvalue weighted by molar-refractivity contribution is 0.0672. The second-order valence-corrected chi connectivity index (χ2v) is 7.38. The van der Waals surface area contributed by atoms with Gasteiger partial charge in [0.2, 0.25) is 11.9 Å². The number of ether oxygens (including phenoxy) is 1. The molecule has 0 atom stereocenters. The Kier molecular flexibility index (Phi) is 9.12. The van der Waals surface area contributed by atoms with E-state index in [1.807, 2.05) is 20.8 Å². The normalized spacial score (nSPS) is 10.9. The topological polar surface area (TPSA) is 82.7 Å². The first-order chi connectivity index (χ1) is 17.4. The fourth-order valence-electron chi connectivity index (χ4n) is 3.24. The Balaban J connectivity index is 0.00000176. The molecule has 8 nitrogen and oxygen atoms in total. The number of halogens is 4. The molecule has 0 bridgehead atoms. The number of aromatic nitrogens is 6. The molecular formula is C24H27F4N7O. The number of aryl methyl sites for hydroxylation is 1. The van der Waals surface area contributed by atoms with Gasteiger partial charge in [-0.25, -0.2) is 27.5 Å². The Bertz CT molecular complexity index is 1270. The molecule has 3 heterocycles. The highest BCUT2D eigenvalue weighted by Gasteiger charge is 2.22. The van der Waals surface area contributed by atoms with E-state index in [0.717, 1.165) is 6.42 Å². The van der Waals surface area contributed by atoms with E-state index in [9.17, 15) is 17.6 Å². The maximum atomic E-state index is 15.0. The molecule has 192 valence electrons. The van der Waals surface area contributed by atoms with Crippen molar-refractivity contribution in [1.82, 2.24) is 29.5 Å². The average Bonchev–Trinajstić information content (AvgIpc) is 3.45. The molecule has 12 heteroatoms. The fraction of sp³-hybridized carbons (Fsp3) is 0.333. The number of benzene rings is 1. The van der Waals surface area contributed by atoms with Crippen LogP contribution in [-0.4, -0.2) is 36.1 Å². The first-order valence-corrected chi connectivity index (χ1v) is 11.4. The molecule has 0 saturated carbocycles. The zero-order valence-electron chi connectivity index (χ0n) is 20.3. The monoisotopic (exact) mass is 505 g/mol. The average molecular weight is 506 g/mol. The van der Waals surface area contributed by atoms with E-state index in [4.69, 9.17) is 4.74 Å². The molecule has 4 rings (SSSR count). The summed E-state index contributed by atoms with van der Waals surface area (Å²) in [6.45, 7) is 6.37. The SMILES string of the molecule is CC.CCCOCn1cc(-c2ccc(Nc3nc(-c4ccc(F)nc4)nn3C)cc2F)c(C(F)F)n1. The molecular weight excluding hydrogens is 478 g/mol. The van der Waals surface area contributed by atoms with Crippen LogP contribution < -0.4 is 5.32 Å². The van der Waals surface area contributed by atoms with Crippen LogP contribution in [0.15, 0.2) is 42.7 Å². The van der Waals surface area contributed by atoms with Crippen molar-refractivity contribution in [1.29, 1.82) is 0 Å². The Hall–Kier alpha value is -3.80. The third-order valence-corrected chi connectivity index (χ3v) is 4.83. The lowest BCUT2D eigenvalue weighted by Gasteiger charge is -2.08. The van der Waals surface area contributed by atoms with Gasteiger partial charge in [-0.15, -0.1) is 5.10 Å². The number of pyridine rings is 1. The molecule has 0 aliphatic carbocycles. The van der Waals surface area contributed by atoms with Gasteiger partial charge in [0.05, 0.1) is 0 Å². The highest BCUT2D eigenvalue weighted by atomic mass is 19.3. The number of hydrogen-bond donors (Lipinski definition) is 1. The smallest absolute Gasteiger partial charge is 0.282 e. The van der Waals surface area contributed by atoms with E-state index in [2.05, 4.69) is 25.5 Å². The zero-order chi connectivity index (χ0) is 26.2. The standard InChI is InChI=1S/C22H21F4N7O.C2H6/c1-3-8-34-12-33-11-16(19(30-33)20(25)26)15-6-5-14(9-17(15)23)28-22-29-21(31-32(22)2)13-4-7-18(24)27-10-13;1-2/h4-7,9-11,20H,3,8,12H2,1-2H3,(H,28,29,31);1-2H3. The third kappa shape index (κ3) is 6.25. The predicted octanol–water partition coefficient (Wildman–Crippen LogP) is 6.11. The van der Waals surface area contributed by atoms with E-state index in [-0.39, 0.29) is 17.9 Å². The second-order valence-electron chi connectivity index (χ2n) is 7.38. The van der Waals surface area contributed by atoms with Crippen LogP contribution in [0.4, 0.5) is 29.2 Å². The molecule has 0 fully saturated rings. The van der Waals surface area contributed by atoms with Gasteiger partial charge in [0.15, 0.2) is 5.82 Å². The Morgan fingerprint density at radius 1 is 1.06 bits per heavy atom. The third-order valence-electron chi connectivity index (χ3n) is 4.83. The van der Waals surface area contributed by atoms with Crippen LogP contribution in [0.5, 0.6) is 0 Å². The van der Waals surface area contributed by atoms with E-state index in [1.165, 1.54) is 52.1 Å². The minimum atomic E-state index is -2.88. The van der Waals surface area contributed by atoms with Crippen molar-refractivity contribution in [2.45, 2.75) is 40.3 Å². The van der Waals surface area contributed by atoms with Crippen molar-refractivity contribution in [3.8, 4) is 22.5 Å². The summed E-state index contributed by atoms with van der Waals surface area (Å²) >= 11 is 0. The van der Waals surface area contributed by atoms with Crippen LogP contribution in [0.3, 0.4) is 0 Å². The lowest BCUT2D eigenvalue weighted by atomic mass is 10.1. The van der Waals surface area contributed by atoms with Crippen LogP contribution in [0.25, 0.3) is 22.5 Å². The van der Waals surface area contributed by atoms with E-state index < -0.39 is 23.9 Å². The first-order valence-electron chi connectivity index (χ1n) is 11.4. The van der Waals surface area contributed by atoms with Gasteiger partial charge in [0, 0.05) is 48.4 Å². The summed E-state index contributed by atoms with van der Waals surface area (Å²) in [6, 6.07) is 6.78. The predicted molar refractivity (Wildman–Crippen MR) is 128 cm³/mol. The van der Waals surface area contributed by atoms with Gasteiger partial charge in [0.25, 0.3) is 6.43 Å². The highest BCUT2D eigenvalue weighted by Crippen LogP contribution is 2.33. The van der Waals surface area contributed by atoms with Crippen LogP contribution in [0.2, 0.25) is 0 Å². The maximum Gasteiger partial charge on any atom is 0.282 e. The summed E-state index contributed by atoms with van der Waals surface area (Å²) in [5, 5.41) is 11.0. The van der Waals surface area contributed by atoms with E-state index in [0.29, 0.717) is 29.6 Å². The lowest BCUT2D eigenvalue weighted by Crippen LogP contribution is -2.04. The quantitative estimate of drug-likeness (QED) is 0.168. The van der Waals surface area contributed by atoms with E-state index in [1.54, 1.807) is 7.05 Å². The van der Waals surface area contributed by atoms with Gasteiger partial charge in [0.1, 0.15) is 18.2 Å². The number of anilines is 2. The van der Waals surface area contributed by atoms with Crippen molar-refractivity contribution in [2.75, 3.05) is 11.9 Å². The summed E-state index contributed by atoms with van der Waals surface area (Å²) in [4.78, 5) is 7.90. The van der Waals surface area contributed by atoms with Crippen molar-refractivity contribution in [3.05, 3.63) is 60.2 Å². The molecule has 0 spiro atoms. The number of alkyl halides is 2. The van der Waals surface area contributed by atoms with Crippen molar-refractivity contribution in [2.24, 2.45) is 7.05 Å². The molecule has 36 heavy (non-hydrogen) atoms. The van der Waals surface area contributed by atoms with Gasteiger partial charge in [-0.3, -0.25) is 0 Å². The molecule has 0 radical (unpaired) electrons. The summed E-state index contributed by atoms with van der Waals surface area (Å²) in [6.07, 6.45) is 0.538. The Labute approximate surface area is 206 Å². The number of hydrogen-bond acceptors (Lipinski definition) is 6. The van der Waals surface area contributed by atoms with Crippen LogP contribution >= 0.6 is 0 Å². The summed E-state index contributed by atoms with van der Waals surface area (Å²) in [7, 11) is 1.63. The molecule has 0 aliphatic heterocycles. The molecule has 0 amide bonds. The Morgan fingerprint density at radius 2 is 1.83 bits per heavy atom. The number of nitrogens with zero attached hydrogens (tertiary/aromatic N) is 6. The van der Waals surface area contributed by atoms with Crippen LogP contribution in [-0.2, 0) is 18.5 Å². The number of rotatable bonds is 9. The van der Waals surface area contributed by atoms with Gasteiger partial charge in [-0.2, -0.15) is 14.5 Å². The minimum Gasteiger partial charge on any atom is -0.359 e. The first kappa shape index (κ1) is 26.8. The summed E-state index contributed by atoms with van der Waals surface area (Å²) in [5.41, 5.74) is 0.289. The summed E-state index contributed by atoms with van der Waals surface area (Å²) < 4.78 is 63.1. The molecule has 1 aromatic carbocycles. The van der Waals surface area contributed by atoms with Gasteiger partial charge < -0.3 is 10.1 Å². The van der Waals surface area contributed by atoms with Crippen molar-refractivity contribution in [3.63, 3.8) is 0 Å². The molecule has 0 unspecified atom stereocenters. The largest absolute Gasteiger partial charge is 0.359 e. The van der Waals surface area contributed by atoms with Crippen molar-refractivity contribution < 1.29 is 22.3 Å². The molecule has 1 N–H and O–H groups in total. The molecule has 0 aliphatic rings. The summed E-state index contributed by atoms with van der Waals surface area (Å²) in [5.74, 6) is -0.747. The zero-order valence-corrected chi connectivity index (χ0v) is 20.3.